The summed E-state index contributed by atoms with van der Waals surface area (Å²) >= 11 is 1.58. The summed E-state index contributed by atoms with van der Waals surface area (Å²) in [7, 11) is 1.63. The molecule has 3 N–H and O–H groups in total. The number of hydrogen-bond acceptors (Lipinski definition) is 8. The van der Waals surface area contributed by atoms with Gasteiger partial charge in [-0.2, -0.15) is 0 Å². The van der Waals surface area contributed by atoms with Gasteiger partial charge < -0.3 is 20.5 Å². The van der Waals surface area contributed by atoms with Gasteiger partial charge in [-0.15, -0.1) is 0 Å². The molecule has 3 aromatic heterocycles. The molecular formula is C24H25N5O2S. The maximum absolute atomic E-state index is 9.70. The number of nitrogens with one attached hydrogen (secondary N) is 2. The average molecular weight is 448 g/mol. The van der Waals surface area contributed by atoms with Crippen molar-refractivity contribution in [2.45, 2.75) is 37.8 Å². The number of nitrogens with zero attached hydrogens (tertiary/aromatic N) is 3. The second-order valence-corrected chi connectivity index (χ2v) is 8.98. The molecule has 32 heavy (non-hydrogen) atoms. The molecule has 7 nitrogen and oxygen atoms in total. The predicted octanol–water partition coefficient (Wildman–Crippen LogP) is 5.22. The maximum atomic E-state index is 9.70. The van der Waals surface area contributed by atoms with Crippen molar-refractivity contribution in [3.8, 4) is 17.0 Å². The number of methoxy groups -OCH3 is 1. The van der Waals surface area contributed by atoms with Crippen LogP contribution >= 0.6 is 11.3 Å². The molecule has 8 heteroatoms. The number of pyridine rings is 2. The van der Waals surface area contributed by atoms with Crippen molar-refractivity contribution in [1.29, 1.82) is 0 Å². The number of aliphatic hydroxyl groups excluding tert-OH is 1. The molecule has 1 saturated carbocycles. The lowest BCUT2D eigenvalue weighted by Crippen LogP contribution is -2.28. The van der Waals surface area contributed by atoms with Crippen LogP contribution in [0.15, 0.2) is 54.7 Å². The second-order valence-electron chi connectivity index (χ2n) is 7.94. The van der Waals surface area contributed by atoms with Crippen molar-refractivity contribution >= 4 is 38.3 Å². The van der Waals surface area contributed by atoms with Gasteiger partial charge in [0.2, 0.25) is 5.88 Å². The first-order chi connectivity index (χ1) is 15.7. The van der Waals surface area contributed by atoms with Gasteiger partial charge in [-0.25, -0.2) is 15.0 Å². The SMILES string of the molecule is COc1ncccc1-c1ccc2nc(Nc3cccc(N[C@H]4CC[C@H](O)CC4)n3)sc2c1. The van der Waals surface area contributed by atoms with Crippen molar-refractivity contribution in [1.82, 2.24) is 15.0 Å². The number of benzene rings is 1. The second kappa shape index (κ2) is 9.10. The normalized spacial score (nSPS) is 18.4. The molecule has 0 unspecified atom stereocenters. The Bertz CT molecular complexity index is 1220. The molecule has 164 valence electrons. The third kappa shape index (κ3) is 4.51. The van der Waals surface area contributed by atoms with E-state index in [0.29, 0.717) is 11.9 Å². The maximum Gasteiger partial charge on any atom is 0.221 e. The lowest BCUT2D eigenvalue weighted by molar-refractivity contribution is 0.126. The van der Waals surface area contributed by atoms with E-state index < -0.39 is 0 Å². The zero-order chi connectivity index (χ0) is 21.9. The highest BCUT2D eigenvalue weighted by molar-refractivity contribution is 7.22. The van der Waals surface area contributed by atoms with E-state index in [1.54, 1.807) is 24.6 Å². The molecule has 5 rings (SSSR count). The molecule has 1 aliphatic carbocycles. The van der Waals surface area contributed by atoms with Crippen LogP contribution in [0.2, 0.25) is 0 Å². The zero-order valence-electron chi connectivity index (χ0n) is 17.8. The third-order valence-electron chi connectivity index (χ3n) is 5.70. The molecule has 0 saturated heterocycles. The minimum Gasteiger partial charge on any atom is -0.481 e. The Hall–Kier alpha value is -3.23. The lowest BCUT2D eigenvalue weighted by Gasteiger charge is -2.26. The quantitative estimate of drug-likeness (QED) is 0.373. The Morgan fingerprint density at radius 3 is 2.69 bits per heavy atom. The summed E-state index contributed by atoms with van der Waals surface area (Å²) in [6, 6.07) is 16.3. The van der Waals surface area contributed by atoms with E-state index in [-0.39, 0.29) is 6.10 Å². The molecule has 1 aliphatic rings. The van der Waals surface area contributed by atoms with E-state index in [1.165, 1.54) is 0 Å². The van der Waals surface area contributed by atoms with Gasteiger partial charge in [-0.3, -0.25) is 0 Å². The van der Waals surface area contributed by atoms with Crippen LogP contribution in [0.4, 0.5) is 16.8 Å². The summed E-state index contributed by atoms with van der Waals surface area (Å²) in [4.78, 5) is 13.7. The van der Waals surface area contributed by atoms with Gasteiger partial charge >= 0.3 is 0 Å². The van der Waals surface area contributed by atoms with Crippen LogP contribution in [0.1, 0.15) is 25.7 Å². The summed E-state index contributed by atoms with van der Waals surface area (Å²) in [6.45, 7) is 0. The lowest BCUT2D eigenvalue weighted by atomic mass is 9.93. The van der Waals surface area contributed by atoms with Crippen LogP contribution in [-0.2, 0) is 0 Å². The van der Waals surface area contributed by atoms with Crippen LogP contribution in [-0.4, -0.2) is 39.3 Å². The molecule has 0 bridgehead atoms. The molecule has 1 aromatic carbocycles. The number of aliphatic hydroxyl groups is 1. The molecule has 0 radical (unpaired) electrons. The number of fused-ring (bicyclic) bond motifs is 1. The Kier molecular flexibility index (Phi) is 5.87. The van der Waals surface area contributed by atoms with Crippen molar-refractivity contribution < 1.29 is 9.84 Å². The number of aromatic nitrogens is 3. The van der Waals surface area contributed by atoms with Gasteiger partial charge in [0, 0.05) is 17.8 Å². The largest absolute Gasteiger partial charge is 0.481 e. The summed E-state index contributed by atoms with van der Waals surface area (Å²) < 4.78 is 6.48. The highest BCUT2D eigenvalue weighted by Gasteiger charge is 2.19. The number of anilines is 3. The fourth-order valence-electron chi connectivity index (χ4n) is 4.04. The number of thiazole rings is 1. The highest BCUT2D eigenvalue weighted by atomic mass is 32.1. The smallest absolute Gasteiger partial charge is 0.221 e. The van der Waals surface area contributed by atoms with E-state index in [4.69, 9.17) is 14.7 Å². The molecule has 0 aliphatic heterocycles. The van der Waals surface area contributed by atoms with Crippen LogP contribution in [0, 0.1) is 0 Å². The van der Waals surface area contributed by atoms with Gasteiger partial charge in [0.1, 0.15) is 11.6 Å². The molecule has 4 aromatic rings. The van der Waals surface area contributed by atoms with Crippen LogP contribution < -0.4 is 15.4 Å². The fraction of sp³-hybridized carbons (Fsp3) is 0.292. The molecule has 1 fully saturated rings. The van der Waals surface area contributed by atoms with Gasteiger partial charge in [0.05, 0.1) is 23.4 Å². The standard InChI is InChI=1S/C24H25N5O2S/c1-31-23-18(4-3-13-25-23)15-7-12-19-20(14-15)32-24(27-19)29-22-6-2-5-21(28-22)26-16-8-10-17(30)11-9-16/h2-7,12-14,16-17,30H,8-11H2,1H3,(H2,26,27,28,29)/t16-,17-. The van der Waals surface area contributed by atoms with Crippen molar-refractivity contribution in [2.75, 3.05) is 17.7 Å². The first-order valence-electron chi connectivity index (χ1n) is 10.8. The topological polar surface area (TPSA) is 92.2 Å². The number of rotatable bonds is 6. The molecule has 0 spiro atoms. The van der Waals surface area contributed by atoms with Crippen molar-refractivity contribution in [2.24, 2.45) is 0 Å². The van der Waals surface area contributed by atoms with Crippen LogP contribution in [0.25, 0.3) is 21.3 Å². The van der Waals surface area contributed by atoms with E-state index in [9.17, 15) is 5.11 Å². The molecular weight excluding hydrogens is 422 g/mol. The number of hydrogen-bond donors (Lipinski definition) is 3. The van der Waals surface area contributed by atoms with Gasteiger partial charge in [0.15, 0.2) is 5.13 Å². The van der Waals surface area contributed by atoms with E-state index in [0.717, 1.165) is 63.8 Å². The van der Waals surface area contributed by atoms with E-state index in [1.807, 2.05) is 42.5 Å². The van der Waals surface area contributed by atoms with Crippen molar-refractivity contribution in [3.05, 3.63) is 54.7 Å². The molecule has 0 atom stereocenters. The van der Waals surface area contributed by atoms with Gasteiger partial charge in [0.25, 0.3) is 0 Å². The van der Waals surface area contributed by atoms with Crippen molar-refractivity contribution in [3.63, 3.8) is 0 Å². The van der Waals surface area contributed by atoms with E-state index in [2.05, 4.69) is 21.7 Å². The minimum absolute atomic E-state index is 0.159. The van der Waals surface area contributed by atoms with Gasteiger partial charge in [-0.05, 0) is 67.6 Å². The Morgan fingerprint density at radius 1 is 1.00 bits per heavy atom. The first kappa shape index (κ1) is 20.7. The monoisotopic (exact) mass is 447 g/mol. The number of ether oxygens (including phenoxy) is 1. The van der Waals surface area contributed by atoms with Gasteiger partial charge in [-0.1, -0.05) is 23.5 Å². The fourth-order valence-corrected chi connectivity index (χ4v) is 4.95. The Balaban J connectivity index is 1.33. The van der Waals surface area contributed by atoms with Crippen LogP contribution in [0.5, 0.6) is 5.88 Å². The Morgan fingerprint density at radius 2 is 1.84 bits per heavy atom. The minimum atomic E-state index is -0.159. The highest BCUT2D eigenvalue weighted by Crippen LogP contribution is 2.34. The van der Waals surface area contributed by atoms with E-state index >= 15 is 0 Å². The Labute approximate surface area is 190 Å². The molecule has 0 amide bonds. The summed E-state index contributed by atoms with van der Waals surface area (Å²) in [5.41, 5.74) is 2.93. The summed E-state index contributed by atoms with van der Waals surface area (Å²) in [5, 5.41) is 17.3. The first-order valence-corrected chi connectivity index (χ1v) is 11.6. The molecule has 3 heterocycles. The summed E-state index contributed by atoms with van der Waals surface area (Å²) in [5.74, 6) is 2.19. The average Bonchev–Trinajstić information content (AvgIpc) is 3.22. The summed E-state index contributed by atoms with van der Waals surface area (Å²) in [6.07, 6.45) is 5.17. The third-order valence-corrected chi connectivity index (χ3v) is 6.63. The predicted molar refractivity (Wildman–Crippen MR) is 129 cm³/mol. The van der Waals surface area contributed by atoms with Crippen LogP contribution in [0.3, 0.4) is 0 Å². The zero-order valence-corrected chi connectivity index (χ0v) is 18.6.